The predicted octanol–water partition coefficient (Wildman–Crippen LogP) is 0.953. The van der Waals surface area contributed by atoms with E-state index in [0.29, 0.717) is 6.04 Å². The topological polar surface area (TPSA) is 24.5 Å². The van der Waals surface area contributed by atoms with Gasteiger partial charge in [-0.2, -0.15) is 0 Å². The fraction of sp³-hybridized carbons (Fsp3) is 1.00. The van der Waals surface area contributed by atoms with E-state index in [2.05, 4.69) is 24.1 Å². The van der Waals surface area contributed by atoms with Gasteiger partial charge >= 0.3 is 0 Å². The largest absolute Gasteiger partial charge is 0.383 e. The molecule has 1 N–H and O–H groups in total. The first-order chi connectivity index (χ1) is 6.74. The van der Waals surface area contributed by atoms with Gasteiger partial charge in [-0.3, -0.25) is 4.90 Å². The van der Waals surface area contributed by atoms with Crippen molar-refractivity contribution in [2.24, 2.45) is 5.92 Å². The zero-order chi connectivity index (χ0) is 10.4. The van der Waals surface area contributed by atoms with E-state index in [9.17, 15) is 0 Å². The highest BCUT2D eigenvalue weighted by atomic mass is 16.5. The van der Waals surface area contributed by atoms with Gasteiger partial charge < -0.3 is 10.1 Å². The summed E-state index contributed by atoms with van der Waals surface area (Å²) >= 11 is 0. The zero-order valence-corrected chi connectivity index (χ0v) is 9.75. The van der Waals surface area contributed by atoms with Crippen molar-refractivity contribution in [3.8, 4) is 0 Å². The summed E-state index contributed by atoms with van der Waals surface area (Å²) in [5.74, 6) is 0.842. The van der Waals surface area contributed by atoms with Crippen molar-refractivity contribution >= 4 is 0 Å². The van der Waals surface area contributed by atoms with E-state index in [-0.39, 0.29) is 0 Å². The number of ether oxygens (including phenoxy) is 1. The van der Waals surface area contributed by atoms with Gasteiger partial charge in [0.15, 0.2) is 0 Å². The van der Waals surface area contributed by atoms with Gasteiger partial charge in [0.25, 0.3) is 0 Å². The normalized spacial score (nSPS) is 22.5. The first kappa shape index (κ1) is 12.0. The second-order valence-corrected chi connectivity index (χ2v) is 4.44. The molecular weight excluding hydrogens is 176 g/mol. The van der Waals surface area contributed by atoms with E-state index >= 15 is 0 Å². The van der Waals surface area contributed by atoms with E-state index in [1.807, 2.05) is 0 Å². The molecule has 84 valence electrons. The SMILES string of the molecule is COCCN(CC1CCNC1)C(C)C. The molecule has 1 aliphatic rings. The Labute approximate surface area is 87.8 Å². The molecule has 0 spiro atoms. The molecule has 0 aromatic heterocycles. The lowest BCUT2D eigenvalue weighted by molar-refractivity contribution is 0.118. The summed E-state index contributed by atoms with van der Waals surface area (Å²) in [6.45, 7) is 10.0. The van der Waals surface area contributed by atoms with Gasteiger partial charge in [0, 0.05) is 26.2 Å². The molecule has 1 unspecified atom stereocenters. The number of rotatable bonds is 6. The maximum absolute atomic E-state index is 5.13. The average Bonchev–Trinajstić information content (AvgIpc) is 2.64. The van der Waals surface area contributed by atoms with Crippen LogP contribution in [-0.4, -0.2) is 50.8 Å². The second-order valence-electron chi connectivity index (χ2n) is 4.44. The molecule has 0 aromatic carbocycles. The monoisotopic (exact) mass is 200 g/mol. The Bertz CT molecular complexity index is 144. The minimum atomic E-state index is 0.630. The van der Waals surface area contributed by atoms with Gasteiger partial charge in [0.1, 0.15) is 0 Å². The molecule has 14 heavy (non-hydrogen) atoms. The van der Waals surface area contributed by atoms with Crippen molar-refractivity contribution in [3.63, 3.8) is 0 Å². The van der Waals surface area contributed by atoms with E-state index in [1.54, 1.807) is 7.11 Å². The van der Waals surface area contributed by atoms with Crippen LogP contribution in [0.2, 0.25) is 0 Å². The van der Waals surface area contributed by atoms with Crippen LogP contribution in [0.5, 0.6) is 0 Å². The van der Waals surface area contributed by atoms with Crippen LogP contribution in [0.15, 0.2) is 0 Å². The van der Waals surface area contributed by atoms with E-state index in [0.717, 1.165) is 19.1 Å². The molecule has 3 heteroatoms. The van der Waals surface area contributed by atoms with Gasteiger partial charge in [-0.15, -0.1) is 0 Å². The summed E-state index contributed by atoms with van der Waals surface area (Å²) in [6, 6.07) is 0.630. The molecule has 1 aliphatic heterocycles. The average molecular weight is 200 g/mol. The third kappa shape index (κ3) is 3.95. The molecule has 1 atom stereocenters. The Morgan fingerprint density at radius 1 is 1.50 bits per heavy atom. The van der Waals surface area contributed by atoms with E-state index in [1.165, 1.54) is 26.1 Å². The van der Waals surface area contributed by atoms with Crippen molar-refractivity contribution < 1.29 is 4.74 Å². The van der Waals surface area contributed by atoms with E-state index < -0.39 is 0 Å². The van der Waals surface area contributed by atoms with Crippen LogP contribution in [0, 0.1) is 5.92 Å². The lowest BCUT2D eigenvalue weighted by atomic mass is 10.1. The molecule has 1 fully saturated rings. The Kier molecular flexibility index (Phi) is 5.45. The molecular formula is C11H24N2O. The molecule has 1 rings (SSSR count). The quantitative estimate of drug-likeness (QED) is 0.691. The van der Waals surface area contributed by atoms with Gasteiger partial charge in [-0.1, -0.05) is 0 Å². The minimum absolute atomic E-state index is 0.630. The predicted molar refractivity (Wildman–Crippen MR) is 59.6 cm³/mol. The third-order valence-electron chi connectivity index (χ3n) is 2.97. The molecule has 0 amide bonds. The van der Waals surface area contributed by atoms with Gasteiger partial charge in [-0.05, 0) is 39.3 Å². The van der Waals surface area contributed by atoms with Crippen LogP contribution in [0.1, 0.15) is 20.3 Å². The Morgan fingerprint density at radius 2 is 2.29 bits per heavy atom. The zero-order valence-electron chi connectivity index (χ0n) is 9.75. The molecule has 0 aliphatic carbocycles. The first-order valence-corrected chi connectivity index (χ1v) is 5.67. The lowest BCUT2D eigenvalue weighted by Crippen LogP contribution is -2.38. The first-order valence-electron chi connectivity index (χ1n) is 5.67. The van der Waals surface area contributed by atoms with Crippen molar-refractivity contribution in [1.29, 1.82) is 0 Å². The molecule has 3 nitrogen and oxygen atoms in total. The van der Waals surface area contributed by atoms with Crippen LogP contribution in [-0.2, 0) is 4.74 Å². The Hall–Kier alpha value is -0.120. The van der Waals surface area contributed by atoms with Crippen molar-refractivity contribution in [2.45, 2.75) is 26.3 Å². The fourth-order valence-corrected chi connectivity index (χ4v) is 1.97. The summed E-state index contributed by atoms with van der Waals surface area (Å²) in [4.78, 5) is 2.52. The maximum Gasteiger partial charge on any atom is 0.0589 e. The van der Waals surface area contributed by atoms with Crippen molar-refractivity contribution in [1.82, 2.24) is 10.2 Å². The molecule has 0 bridgehead atoms. The smallest absolute Gasteiger partial charge is 0.0589 e. The molecule has 0 radical (unpaired) electrons. The number of nitrogens with one attached hydrogen (secondary N) is 1. The highest BCUT2D eigenvalue weighted by Crippen LogP contribution is 2.11. The van der Waals surface area contributed by atoms with Crippen LogP contribution in [0.4, 0.5) is 0 Å². The van der Waals surface area contributed by atoms with Gasteiger partial charge in [0.05, 0.1) is 6.61 Å². The summed E-state index contributed by atoms with van der Waals surface area (Å²) < 4.78 is 5.13. The number of methoxy groups -OCH3 is 1. The van der Waals surface area contributed by atoms with Crippen LogP contribution in [0.3, 0.4) is 0 Å². The molecule has 1 heterocycles. The van der Waals surface area contributed by atoms with Crippen molar-refractivity contribution in [2.75, 3.05) is 39.9 Å². The Morgan fingerprint density at radius 3 is 2.79 bits per heavy atom. The van der Waals surface area contributed by atoms with Crippen LogP contribution >= 0.6 is 0 Å². The van der Waals surface area contributed by atoms with E-state index in [4.69, 9.17) is 4.74 Å². The molecule has 1 saturated heterocycles. The highest BCUT2D eigenvalue weighted by Gasteiger charge is 2.19. The second kappa shape index (κ2) is 6.38. The van der Waals surface area contributed by atoms with Gasteiger partial charge in [0.2, 0.25) is 0 Å². The van der Waals surface area contributed by atoms with Gasteiger partial charge in [-0.25, -0.2) is 0 Å². The summed E-state index contributed by atoms with van der Waals surface area (Å²) in [7, 11) is 1.77. The molecule has 0 saturated carbocycles. The number of hydrogen-bond acceptors (Lipinski definition) is 3. The highest BCUT2D eigenvalue weighted by molar-refractivity contribution is 4.76. The third-order valence-corrected chi connectivity index (χ3v) is 2.97. The lowest BCUT2D eigenvalue weighted by Gasteiger charge is -2.28. The van der Waals surface area contributed by atoms with Crippen LogP contribution in [0.25, 0.3) is 0 Å². The number of nitrogens with zero attached hydrogens (tertiary/aromatic N) is 1. The maximum atomic E-state index is 5.13. The molecule has 0 aromatic rings. The summed E-state index contributed by atoms with van der Waals surface area (Å²) in [6.07, 6.45) is 1.33. The van der Waals surface area contributed by atoms with Crippen molar-refractivity contribution in [3.05, 3.63) is 0 Å². The fourth-order valence-electron chi connectivity index (χ4n) is 1.97. The summed E-state index contributed by atoms with van der Waals surface area (Å²) in [5.41, 5.74) is 0. The minimum Gasteiger partial charge on any atom is -0.383 e. The summed E-state index contributed by atoms with van der Waals surface area (Å²) in [5, 5.41) is 3.41. The van der Waals surface area contributed by atoms with Crippen LogP contribution < -0.4 is 5.32 Å². The Balaban J connectivity index is 2.26. The number of hydrogen-bond donors (Lipinski definition) is 1. The standard InChI is InChI=1S/C11H24N2O/c1-10(2)13(6-7-14-3)9-11-4-5-12-8-11/h10-12H,4-9H2,1-3H3.